The summed E-state index contributed by atoms with van der Waals surface area (Å²) in [7, 11) is 0. The lowest BCUT2D eigenvalue weighted by atomic mass is 9.59. The molecule has 2 N–H and O–H groups in total. The normalized spacial score (nSPS) is 13.6. The molecule has 1 atom stereocenters. The Morgan fingerprint density at radius 1 is 0.767 bits per heavy atom. The molecule has 1 unspecified atom stereocenters. The van der Waals surface area contributed by atoms with Gasteiger partial charge in [0.05, 0.1) is 0 Å². The van der Waals surface area contributed by atoms with E-state index in [4.69, 9.17) is 0 Å². The molecule has 0 aliphatic carbocycles. The zero-order valence-corrected chi connectivity index (χ0v) is 19.6. The minimum absolute atomic E-state index is 0.275. The molecule has 1 aromatic rings. The Kier molecular flexibility index (Phi) is 11.8. The third kappa shape index (κ3) is 6.58. The lowest BCUT2D eigenvalue weighted by Gasteiger charge is -2.49. The third-order valence-electron chi connectivity index (χ3n) is 6.57. The van der Waals surface area contributed by atoms with Crippen molar-refractivity contribution in [3.05, 3.63) is 35.9 Å². The van der Waals surface area contributed by atoms with E-state index in [1.54, 1.807) is 12.1 Å². The fourth-order valence-electron chi connectivity index (χ4n) is 4.71. The van der Waals surface area contributed by atoms with E-state index in [2.05, 4.69) is 33.0 Å². The molecule has 0 bridgehead atoms. The van der Waals surface area contributed by atoms with E-state index >= 15 is 0 Å². The molecule has 0 heterocycles. The van der Waals surface area contributed by atoms with E-state index in [0.717, 1.165) is 70.6 Å². The molecule has 0 aliphatic rings. The summed E-state index contributed by atoms with van der Waals surface area (Å²) in [6.45, 7) is 8.54. The quantitative estimate of drug-likeness (QED) is 0.305. The van der Waals surface area contributed by atoms with E-state index in [-0.39, 0.29) is 5.91 Å². The Bertz CT molecular complexity index is 607. The van der Waals surface area contributed by atoms with Gasteiger partial charge in [0, 0.05) is 11.0 Å². The molecule has 0 radical (unpaired) electrons. The molecule has 0 fully saturated rings. The molecule has 1 aromatic carbocycles. The highest BCUT2D eigenvalue weighted by Crippen LogP contribution is 2.48. The molecule has 1 rings (SSSR count). The van der Waals surface area contributed by atoms with Crippen LogP contribution in [0, 0.1) is 5.41 Å². The van der Waals surface area contributed by atoms with Crippen molar-refractivity contribution < 1.29 is 14.7 Å². The number of hydrogen-bond acceptors (Lipinski definition) is 2. The van der Waals surface area contributed by atoms with Gasteiger partial charge in [-0.05, 0) is 37.8 Å². The van der Waals surface area contributed by atoms with Crippen molar-refractivity contribution in [2.75, 3.05) is 0 Å². The van der Waals surface area contributed by atoms with Crippen LogP contribution in [-0.2, 0) is 4.79 Å². The maximum Gasteiger partial charge on any atom is 0.330 e. The van der Waals surface area contributed by atoms with E-state index < -0.39 is 16.9 Å². The molecule has 4 nitrogen and oxygen atoms in total. The smallest absolute Gasteiger partial charge is 0.330 e. The number of benzene rings is 1. The minimum Gasteiger partial charge on any atom is -0.479 e. The summed E-state index contributed by atoms with van der Waals surface area (Å²) in [5.41, 5.74) is -1.15. The van der Waals surface area contributed by atoms with Gasteiger partial charge in [-0.2, -0.15) is 0 Å². The topological polar surface area (TPSA) is 66.4 Å². The molecule has 0 saturated carbocycles. The van der Waals surface area contributed by atoms with Gasteiger partial charge in [0.15, 0.2) is 0 Å². The largest absolute Gasteiger partial charge is 0.479 e. The van der Waals surface area contributed by atoms with Crippen LogP contribution in [0.1, 0.15) is 115 Å². The number of hydrogen-bond donors (Lipinski definition) is 2. The van der Waals surface area contributed by atoms with Crippen molar-refractivity contribution >= 4 is 11.9 Å². The maximum atomic E-state index is 13.2. The zero-order chi connectivity index (χ0) is 22.5. The fourth-order valence-corrected chi connectivity index (χ4v) is 4.71. The molecule has 0 saturated heterocycles. The summed E-state index contributed by atoms with van der Waals surface area (Å²) in [5, 5.41) is 13.8. The highest BCUT2D eigenvalue weighted by Gasteiger charge is 2.55. The molecule has 1 amide bonds. The number of carboxylic acids is 1. The van der Waals surface area contributed by atoms with Crippen LogP contribution in [0.25, 0.3) is 0 Å². The van der Waals surface area contributed by atoms with E-state index in [9.17, 15) is 14.7 Å². The van der Waals surface area contributed by atoms with Crippen LogP contribution < -0.4 is 5.32 Å². The minimum atomic E-state index is -1.24. The van der Waals surface area contributed by atoms with Gasteiger partial charge in [0.1, 0.15) is 5.54 Å². The first-order valence-electron chi connectivity index (χ1n) is 12.0. The summed E-state index contributed by atoms with van der Waals surface area (Å²) in [6.07, 6.45) is 10.7. The van der Waals surface area contributed by atoms with Crippen LogP contribution in [0.3, 0.4) is 0 Å². The molecular weight excluding hydrogens is 374 g/mol. The van der Waals surface area contributed by atoms with Gasteiger partial charge in [-0.25, -0.2) is 4.79 Å². The number of unbranched alkanes of at least 4 members (excludes halogenated alkanes) is 4. The lowest BCUT2D eigenvalue weighted by Crippen LogP contribution is -2.65. The summed E-state index contributed by atoms with van der Waals surface area (Å²) in [5.74, 6) is -1.15. The molecule has 170 valence electrons. The van der Waals surface area contributed by atoms with Crippen molar-refractivity contribution in [2.45, 2.75) is 110 Å². The number of aliphatic carboxylic acids is 1. The number of carbonyl (C=O) groups excluding carboxylic acids is 1. The second-order valence-electron chi connectivity index (χ2n) is 8.73. The Labute approximate surface area is 183 Å². The van der Waals surface area contributed by atoms with Crippen LogP contribution in [0.4, 0.5) is 0 Å². The van der Waals surface area contributed by atoms with Gasteiger partial charge < -0.3 is 10.4 Å². The van der Waals surface area contributed by atoms with Gasteiger partial charge in [0.2, 0.25) is 0 Å². The third-order valence-corrected chi connectivity index (χ3v) is 6.57. The van der Waals surface area contributed by atoms with E-state index in [1.165, 1.54) is 0 Å². The van der Waals surface area contributed by atoms with Crippen LogP contribution >= 0.6 is 0 Å². The van der Waals surface area contributed by atoms with Gasteiger partial charge in [0.25, 0.3) is 5.91 Å². The highest BCUT2D eigenvalue weighted by molar-refractivity contribution is 5.98. The molecule has 0 aromatic heterocycles. The first-order valence-corrected chi connectivity index (χ1v) is 12.0. The van der Waals surface area contributed by atoms with Crippen molar-refractivity contribution in [2.24, 2.45) is 5.41 Å². The molecule has 30 heavy (non-hydrogen) atoms. The van der Waals surface area contributed by atoms with Crippen molar-refractivity contribution in [1.29, 1.82) is 0 Å². The summed E-state index contributed by atoms with van der Waals surface area (Å²) < 4.78 is 0. The number of rotatable bonds is 16. The summed E-state index contributed by atoms with van der Waals surface area (Å²) >= 11 is 0. The van der Waals surface area contributed by atoms with Gasteiger partial charge >= 0.3 is 5.97 Å². The van der Waals surface area contributed by atoms with Gasteiger partial charge in [-0.3, -0.25) is 4.79 Å². The van der Waals surface area contributed by atoms with Crippen LogP contribution in [0.5, 0.6) is 0 Å². The van der Waals surface area contributed by atoms with E-state index in [0.29, 0.717) is 12.0 Å². The molecular formula is C26H43NO3. The van der Waals surface area contributed by atoms with Gasteiger partial charge in [-0.15, -0.1) is 0 Å². The zero-order valence-electron chi connectivity index (χ0n) is 19.6. The van der Waals surface area contributed by atoms with E-state index in [1.807, 2.05) is 18.2 Å². The first-order chi connectivity index (χ1) is 14.4. The predicted molar refractivity (Wildman–Crippen MR) is 125 cm³/mol. The number of amides is 1. The summed E-state index contributed by atoms with van der Waals surface area (Å²) in [4.78, 5) is 26.2. The van der Waals surface area contributed by atoms with Crippen molar-refractivity contribution in [1.82, 2.24) is 5.32 Å². The van der Waals surface area contributed by atoms with Crippen molar-refractivity contribution in [3.8, 4) is 0 Å². The number of carbonyl (C=O) groups is 2. The van der Waals surface area contributed by atoms with Crippen LogP contribution in [0.15, 0.2) is 30.3 Å². The van der Waals surface area contributed by atoms with Crippen LogP contribution in [-0.4, -0.2) is 22.5 Å². The standard InChI is InChI=1S/C26H43NO3/c1-5-9-18-25(19-10-6-2,20-11-7-3)26(24(29)30,21-12-8-4)27-23(28)22-16-14-13-15-17-22/h13-17H,5-12,18-21H2,1-4H3,(H,27,28)(H,29,30). The highest BCUT2D eigenvalue weighted by atomic mass is 16.4. The number of carboxylic acid groups (broad SMARTS) is 1. The Balaban J connectivity index is 3.54. The van der Waals surface area contributed by atoms with Crippen molar-refractivity contribution in [3.63, 3.8) is 0 Å². The average molecular weight is 418 g/mol. The summed E-state index contributed by atoms with van der Waals surface area (Å²) in [6, 6.07) is 9.03. The number of nitrogens with one attached hydrogen (secondary N) is 1. The second kappa shape index (κ2) is 13.5. The second-order valence-corrected chi connectivity index (χ2v) is 8.73. The Morgan fingerprint density at radius 3 is 1.60 bits per heavy atom. The first kappa shape index (κ1) is 26.2. The fraction of sp³-hybridized carbons (Fsp3) is 0.692. The molecule has 0 aliphatic heterocycles. The monoisotopic (exact) mass is 417 g/mol. The predicted octanol–water partition coefficient (Wildman–Crippen LogP) is 6.99. The molecule has 4 heteroatoms. The average Bonchev–Trinajstić information content (AvgIpc) is 2.76. The van der Waals surface area contributed by atoms with Crippen LogP contribution in [0.2, 0.25) is 0 Å². The SMILES string of the molecule is CCCCC(CCCC)(CCCC)C(CCCC)(NC(=O)c1ccccc1)C(=O)O. The Morgan fingerprint density at radius 2 is 1.20 bits per heavy atom. The maximum absolute atomic E-state index is 13.2. The van der Waals surface area contributed by atoms with Gasteiger partial charge in [-0.1, -0.05) is 97.3 Å². The Hall–Kier alpha value is -1.84. The lowest BCUT2D eigenvalue weighted by molar-refractivity contribution is -0.153. The molecule has 0 spiro atoms.